The van der Waals surface area contributed by atoms with Crippen LogP contribution in [0.2, 0.25) is 5.02 Å². The fourth-order valence-corrected chi connectivity index (χ4v) is 3.14. The number of halogens is 2. The van der Waals surface area contributed by atoms with E-state index in [4.69, 9.17) is 21.4 Å². The van der Waals surface area contributed by atoms with Gasteiger partial charge in [0.15, 0.2) is 0 Å². The van der Waals surface area contributed by atoms with Gasteiger partial charge in [-0.25, -0.2) is 17.6 Å². The summed E-state index contributed by atoms with van der Waals surface area (Å²) in [4.78, 5) is 10.6. The van der Waals surface area contributed by atoms with Crippen molar-refractivity contribution < 1.29 is 27.4 Å². The van der Waals surface area contributed by atoms with E-state index in [2.05, 4.69) is 0 Å². The lowest BCUT2D eigenvalue weighted by Gasteiger charge is -2.17. The molecule has 1 aromatic rings. The van der Waals surface area contributed by atoms with E-state index in [0.717, 1.165) is 16.4 Å². The fraction of sp³-hybridized carbons (Fsp3) is 0.364. The molecule has 0 saturated carbocycles. The normalized spacial score (nSPS) is 11.7. The first-order valence-electron chi connectivity index (χ1n) is 5.38. The molecule has 0 aliphatic carbocycles. The third-order valence-corrected chi connectivity index (χ3v) is 4.89. The molecule has 20 heavy (non-hydrogen) atoms. The molecule has 0 fully saturated rings. The van der Waals surface area contributed by atoms with Gasteiger partial charge in [0.25, 0.3) is 0 Å². The van der Waals surface area contributed by atoms with Crippen LogP contribution in [0.25, 0.3) is 0 Å². The quantitative estimate of drug-likeness (QED) is 0.859. The largest absolute Gasteiger partial charge is 0.496 e. The van der Waals surface area contributed by atoms with Crippen LogP contribution in [0.3, 0.4) is 0 Å². The zero-order valence-electron chi connectivity index (χ0n) is 10.8. The maximum absolute atomic E-state index is 12.3. The molecular formula is C11H13ClFNO5S. The van der Waals surface area contributed by atoms with E-state index in [0.29, 0.717) is 0 Å². The highest BCUT2D eigenvalue weighted by molar-refractivity contribution is 7.89. The smallest absolute Gasteiger partial charge is 0.339 e. The van der Waals surface area contributed by atoms with E-state index in [9.17, 15) is 17.6 Å². The van der Waals surface area contributed by atoms with Crippen molar-refractivity contribution in [2.75, 3.05) is 27.4 Å². The van der Waals surface area contributed by atoms with Gasteiger partial charge >= 0.3 is 5.97 Å². The zero-order valence-corrected chi connectivity index (χ0v) is 12.3. The summed E-state index contributed by atoms with van der Waals surface area (Å²) in [6.07, 6.45) is 0. The molecule has 0 aliphatic rings. The van der Waals surface area contributed by atoms with Gasteiger partial charge in [0.05, 0.1) is 12.1 Å². The van der Waals surface area contributed by atoms with Crippen molar-refractivity contribution in [2.24, 2.45) is 0 Å². The molecule has 9 heteroatoms. The van der Waals surface area contributed by atoms with Crippen LogP contribution < -0.4 is 4.74 Å². The molecule has 0 aromatic heterocycles. The molecule has 0 aliphatic heterocycles. The molecule has 0 saturated heterocycles. The fourth-order valence-electron chi connectivity index (χ4n) is 1.48. The number of ether oxygens (including phenoxy) is 1. The van der Waals surface area contributed by atoms with Crippen molar-refractivity contribution in [1.82, 2.24) is 4.31 Å². The monoisotopic (exact) mass is 325 g/mol. The van der Waals surface area contributed by atoms with Crippen LogP contribution >= 0.6 is 11.6 Å². The van der Waals surface area contributed by atoms with Gasteiger partial charge in [-0.15, -0.1) is 0 Å². The number of nitrogens with zero attached hydrogens (tertiary/aromatic N) is 1. The number of benzene rings is 1. The highest BCUT2D eigenvalue weighted by Gasteiger charge is 2.26. The van der Waals surface area contributed by atoms with E-state index in [1.54, 1.807) is 0 Å². The number of rotatable bonds is 6. The molecule has 0 unspecified atom stereocenters. The molecule has 0 spiro atoms. The zero-order chi connectivity index (χ0) is 15.5. The van der Waals surface area contributed by atoms with E-state index in [1.807, 2.05) is 0 Å². The summed E-state index contributed by atoms with van der Waals surface area (Å²) >= 11 is 5.81. The lowest BCUT2D eigenvalue weighted by atomic mass is 10.2. The van der Waals surface area contributed by atoms with Crippen LogP contribution in [0.1, 0.15) is 10.4 Å². The minimum absolute atomic E-state index is 0.144. The van der Waals surface area contributed by atoms with Gasteiger partial charge in [-0.05, 0) is 6.07 Å². The first-order chi connectivity index (χ1) is 9.25. The van der Waals surface area contributed by atoms with Crippen LogP contribution in [-0.2, 0) is 10.0 Å². The van der Waals surface area contributed by atoms with Gasteiger partial charge in [-0.1, -0.05) is 11.6 Å². The number of aromatic carboxylic acids is 1. The van der Waals surface area contributed by atoms with Crippen LogP contribution in [0.15, 0.2) is 17.0 Å². The van der Waals surface area contributed by atoms with Gasteiger partial charge in [0.1, 0.15) is 22.9 Å². The maximum atomic E-state index is 12.3. The number of carboxylic acids is 1. The van der Waals surface area contributed by atoms with Crippen LogP contribution in [0, 0.1) is 0 Å². The average molecular weight is 326 g/mol. The molecule has 0 atom stereocenters. The number of methoxy groups -OCH3 is 1. The topological polar surface area (TPSA) is 83.9 Å². The maximum Gasteiger partial charge on any atom is 0.339 e. The van der Waals surface area contributed by atoms with Gasteiger partial charge < -0.3 is 9.84 Å². The molecule has 1 aromatic carbocycles. The lowest BCUT2D eigenvalue weighted by molar-refractivity contribution is 0.0693. The second-order valence-corrected chi connectivity index (χ2v) is 6.22. The van der Waals surface area contributed by atoms with Gasteiger partial charge in [-0.3, -0.25) is 0 Å². The number of alkyl halides is 1. The van der Waals surface area contributed by atoms with Crippen molar-refractivity contribution in [1.29, 1.82) is 0 Å². The number of carbonyl (C=O) groups is 1. The number of hydrogen-bond donors (Lipinski definition) is 1. The summed E-state index contributed by atoms with van der Waals surface area (Å²) in [6, 6.07) is 1.99. The van der Waals surface area contributed by atoms with E-state index >= 15 is 0 Å². The van der Waals surface area contributed by atoms with Gasteiger partial charge in [-0.2, -0.15) is 4.31 Å². The number of sulfonamides is 1. The van der Waals surface area contributed by atoms with Crippen LogP contribution in [0.5, 0.6) is 5.75 Å². The molecule has 0 bridgehead atoms. The Morgan fingerprint density at radius 1 is 1.50 bits per heavy atom. The first-order valence-corrected chi connectivity index (χ1v) is 7.20. The second kappa shape index (κ2) is 6.38. The first kappa shape index (κ1) is 16.7. The van der Waals surface area contributed by atoms with Crippen molar-refractivity contribution >= 4 is 27.6 Å². The SMILES string of the molecule is COc1cc(S(=O)(=O)N(C)CCF)c(Cl)cc1C(=O)O. The molecule has 0 amide bonds. The Hall–Kier alpha value is -1.38. The van der Waals surface area contributed by atoms with Crippen LogP contribution in [-0.4, -0.2) is 51.2 Å². The summed E-state index contributed by atoms with van der Waals surface area (Å²) in [5.74, 6) is -1.45. The molecule has 0 heterocycles. The molecular weight excluding hydrogens is 313 g/mol. The Labute approximate surface area is 120 Å². The predicted molar refractivity (Wildman–Crippen MR) is 70.8 cm³/mol. The van der Waals surface area contributed by atoms with Crippen molar-refractivity contribution in [3.8, 4) is 5.75 Å². The standard InChI is InChI=1S/C11H13ClFNO5S/c1-14(4-3-13)20(17,18)10-6-9(19-2)7(11(15)16)5-8(10)12/h5-6H,3-4H2,1-2H3,(H,15,16). The minimum Gasteiger partial charge on any atom is -0.496 e. The Morgan fingerprint density at radius 2 is 2.10 bits per heavy atom. The van der Waals surface area contributed by atoms with E-state index < -0.39 is 22.7 Å². The Morgan fingerprint density at radius 3 is 2.55 bits per heavy atom. The minimum atomic E-state index is -4.02. The number of hydrogen-bond acceptors (Lipinski definition) is 4. The molecule has 1 rings (SSSR count). The van der Waals surface area contributed by atoms with Gasteiger partial charge in [0.2, 0.25) is 10.0 Å². The van der Waals surface area contributed by atoms with Crippen molar-refractivity contribution in [3.63, 3.8) is 0 Å². The Balaban J connectivity index is 3.44. The summed E-state index contributed by atoms with van der Waals surface area (Å²) in [6.45, 7) is -1.18. The van der Waals surface area contributed by atoms with Gasteiger partial charge in [0, 0.05) is 19.7 Å². The second-order valence-electron chi connectivity index (χ2n) is 3.80. The highest BCUT2D eigenvalue weighted by Crippen LogP contribution is 2.31. The predicted octanol–water partition coefficient (Wildman–Crippen LogP) is 1.64. The summed E-state index contributed by atoms with van der Waals surface area (Å²) in [7, 11) is -1.62. The summed E-state index contributed by atoms with van der Waals surface area (Å²) < 4.78 is 42.2. The summed E-state index contributed by atoms with van der Waals surface area (Å²) in [5.41, 5.74) is -0.260. The third-order valence-electron chi connectivity index (χ3n) is 2.57. The lowest BCUT2D eigenvalue weighted by Crippen LogP contribution is -2.29. The van der Waals surface area contributed by atoms with Crippen molar-refractivity contribution in [2.45, 2.75) is 4.90 Å². The molecule has 0 radical (unpaired) electrons. The van der Waals surface area contributed by atoms with Crippen molar-refractivity contribution in [3.05, 3.63) is 22.7 Å². The Bertz CT molecular complexity index is 619. The van der Waals surface area contributed by atoms with Crippen LogP contribution in [0.4, 0.5) is 4.39 Å². The number of carboxylic acid groups (broad SMARTS) is 1. The van der Waals surface area contributed by atoms with E-state index in [-0.39, 0.29) is 27.8 Å². The molecule has 6 nitrogen and oxygen atoms in total. The molecule has 1 N–H and O–H groups in total. The average Bonchev–Trinajstić information content (AvgIpc) is 2.38. The highest BCUT2D eigenvalue weighted by atomic mass is 35.5. The third kappa shape index (κ3) is 3.20. The molecule has 112 valence electrons. The summed E-state index contributed by atoms with van der Waals surface area (Å²) in [5, 5.41) is 8.69. The van der Waals surface area contributed by atoms with E-state index in [1.165, 1.54) is 14.2 Å². The Kier molecular flexibility index (Phi) is 5.32.